The van der Waals surface area contributed by atoms with Crippen LogP contribution in [0.1, 0.15) is 0 Å². The summed E-state index contributed by atoms with van der Waals surface area (Å²) < 4.78 is 0. The number of nitrogens with one attached hydrogen (secondary N) is 2. The molecule has 0 aliphatic heterocycles. The number of hydrogen-bond acceptors (Lipinski definition) is 7. The third-order valence-corrected chi connectivity index (χ3v) is 5.78. The average Bonchev–Trinajstić information content (AvgIpc) is 3.51. The first-order valence-electron chi connectivity index (χ1n) is 9.13. The molecule has 30 heavy (non-hydrogen) atoms. The van der Waals surface area contributed by atoms with Crippen molar-refractivity contribution in [3.8, 4) is 39.0 Å². The Labute approximate surface area is 173 Å². The molecule has 0 amide bonds. The molecule has 0 saturated carbocycles. The molecule has 6 aromatic rings. The molecule has 6 heterocycles. The zero-order chi connectivity index (χ0) is 20.1. The van der Waals surface area contributed by atoms with Gasteiger partial charge in [-0.1, -0.05) is 6.07 Å². The van der Waals surface area contributed by atoms with Crippen molar-refractivity contribution in [3.63, 3.8) is 0 Å². The Hall–Kier alpha value is -4.11. The van der Waals surface area contributed by atoms with E-state index in [4.69, 9.17) is 4.98 Å². The van der Waals surface area contributed by atoms with E-state index in [0.717, 1.165) is 37.9 Å². The van der Waals surface area contributed by atoms with Gasteiger partial charge in [-0.05, 0) is 23.6 Å². The fourth-order valence-electron chi connectivity index (χ4n) is 3.48. The fourth-order valence-corrected chi connectivity index (χ4v) is 4.22. The first-order chi connectivity index (χ1) is 14.8. The number of pyridine rings is 3. The molecule has 0 aliphatic rings. The number of aromatic amines is 2. The molecule has 0 bridgehead atoms. The van der Waals surface area contributed by atoms with Gasteiger partial charge in [-0.2, -0.15) is 5.10 Å². The van der Waals surface area contributed by atoms with Crippen LogP contribution in [-0.4, -0.2) is 40.2 Å². The van der Waals surface area contributed by atoms with E-state index in [2.05, 4.69) is 36.2 Å². The van der Waals surface area contributed by atoms with Crippen molar-refractivity contribution in [1.82, 2.24) is 35.1 Å². The van der Waals surface area contributed by atoms with Crippen LogP contribution in [0, 0.1) is 0 Å². The largest absolute Gasteiger partial charge is 0.506 e. The summed E-state index contributed by atoms with van der Waals surface area (Å²) in [5.74, 6) is 0.737. The highest BCUT2D eigenvalue weighted by Gasteiger charge is 2.17. The van der Waals surface area contributed by atoms with Crippen molar-refractivity contribution in [1.29, 1.82) is 0 Å². The van der Waals surface area contributed by atoms with E-state index in [1.165, 1.54) is 6.20 Å². The molecule has 6 rings (SSSR count). The standard InChI is InChI=1S/C21H13N7OS/c29-12-4-11(6-22-7-12)15-5-13-16(10-24-15)27-28-20(13)21-25-17-9-23-8-14(19(17)26-21)18-2-1-3-30-18/h1-10,29H,(H,25,26)(H,27,28). The Morgan fingerprint density at radius 3 is 2.77 bits per heavy atom. The number of rotatable bonds is 3. The van der Waals surface area contributed by atoms with Crippen LogP contribution in [0.25, 0.3) is 55.2 Å². The van der Waals surface area contributed by atoms with E-state index in [1.54, 1.807) is 36.0 Å². The van der Waals surface area contributed by atoms with Crippen LogP contribution in [0.2, 0.25) is 0 Å². The lowest BCUT2D eigenvalue weighted by atomic mass is 10.1. The molecular weight excluding hydrogens is 398 g/mol. The van der Waals surface area contributed by atoms with Crippen molar-refractivity contribution in [2.75, 3.05) is 0 Å². The number of imidazole rings is 1. The van der Waals surface area contributed by atoms with Gasteiger partial charge in [-0.25, -0.2) is 4.98 Å². The molecule has 0 radical (unpaired) electrons. The summed E-state index contributed by atoms with van der Waals surface area (Å²) in [6, 6.07) is 7.61. The Balaban J connectivity index is 1.52. The van der Waals surface area contributed by atoms with Gasteiger partial charge in [0.1, 0.15) is 17.0 Å². The van der Waals surface area contributed by atoms with Gasteiger partial charge >= 0.3 is 0 Å². The van der Waals surface area contributed by atoms with Gasteiger partial charge in [-0.3, -0.25) is 20.1 Å². The van der Waals surface area contributed by atoms with E-state index in [1.807, 2.05) is 23.7 Å². The van der Waals surface area contributed by atoms with Crippen LogP contribution in [-0.2, 0) is 0 Å². The first-order valence-corrected chi connectivity index (χ1v) is 10.0. The van der Waals surface area contributed by atoms with E-state index in [9.17, 15) is 5.11 Å². The lowest BCUT2D eigenvalue weighted by Gasteiger charge is -2.01. The predicted octanol–water partition coefficient (Wildman–Crippen LogP) is 4.39. The van der Waals surface area contributed by atoms with Gasteiger partial charge in [0, 0.05) is 33.8 Å². The molecule has 0 atom stereocenters. The van der Waals surface area contributed by atoms with Gasteiger partial charge in [-0.15, -0.1) is 11.3 Å². The van der Waals surface area contributed by atoms with Crippen LogP contribution in [0.3, 0.4) is 0 Å². The van der Waals surface area contributed by atoms with E-state index < -0.39 is 0 Å². The number of hydrogen-bond donors (Lipinski definition) is 3. The summed E-state index contributed by atoms with van der Waals surface area (Å²) in [4.78, 5) is 22.1. The zero-order valence-electron chi connectivity index (χ0n) is 15.4. The minimum absolute atomic E-state index is 0.0905. The molecule has 3 N–H and O–H groups in total. The Kier molecular flexibility index (Phi) is 3.62. The molecule has 0 saturated heterocycles. The summed E-state index contributed by atoms with van der Waals surface area (Å²) >= 11 is 1.65. The number of thiophene rings is 1. The molecule has 9 heteroatoms. The van der Waals surface area contributed by atoms with Crippen molar-refractivity contribution in [3.05, 3.63) is 60.6 Å². The van der Waals surface area contributed by atoms with Crippen LogP contribution >= 0.6 is 11.3 Å². The predicted molar refractivity (Wildman–Crippen MR) is 115 cm³/mol. The number of H-pyrrole nitrogens is 2. The average molecular weight is 411 g/mol. The molecule has 0 spiro atoms. The molecular formula is C21H13N7OS. The minimum atomic E-state index is 0.0905. The molecule has 144 valence electrons. The maximum Gasteiger partial charge on any atom is 0.159 e. The summed E-state index contributed by atoms with van der Waals surface area (Å²) in [7, 11) is 0. The monoisotopic (exact) mass is 411 g/mol. The molecule has 0 aliphatic carbocycles. The third-order valence-electron chi connectivity index (χ3n) is 4.87. The van der Waals surface area contributed by atoms with Crippen molar-refractivity contribution < 1.29 is 5.11 Å². The van der Waals surface area contributed by atoms with Gasteiger partial charge in [0.25, 0.3) is 0 Å². The highest BCUT2D eigenvalue weighted by atomic mass is 32.1. The normalized spacial score (nSPS) is 11.5. The maximum atomic E-state index is 9.74. The summed E-state index contributed by atoms with van der Waals surface area (Å²) in [5, 5.41) is 20.1. The zero-order valence-corrected chi connectivity index (χ0v) is 16.2. The number of aromatic nitrogens is 7. The minimum Gasteiger partial charge on any atom is -0.506 e. The Morgan fingerprint density at radius 1 is 0.967 bits per heavy atom. The van der Waals surface area contributed by atoms with E-state index >= 15 is 0 Å². The Bertz CT molecular complexity index is 1520. The second-order valence-corrected chi connectivity index (χ2v) is 7.71. The second-order valence-electron chi connectivity index (χ2n) is 6.77. The molecule has 8 nitrogen and oxygen atoms in total. The summed E-state index contributed by atoms with van der Waals surface area (Å²) in [6.45, 7) is 0. The quantitative estimate of drug-likeness (QED) is 0.398. The topological polar surface area (TPSA) is 116 Å². The highest BCUT2D eigenvalue weighted by Crippen LogP contribution is 2.33. The number of nitrogens with zero attached hydrogens (tertiary/aromatic N) is 5. The van der Waals surface area contributed by atoms with Crippen LogP contribution in [0.15, 0.2) is 60.6 Å². The van der Waals surface area contributed by atoms with Gasteiger partial charge in [0.15, 0.2) is 5.82 Å². The lowest BCUT2D eigenvalue weighted by Crippen LogP contribution is -1.86. The van der Waals surface area contributed by atoms with Gasteiger partial charge in [0.2, 0.25) is 0 Å². The third kappa shape index (κ3) is 2.64. The van der Waals surface area contributed by atoms with Crippen LogP contribution in [0.5, 0.6) is 5.75 Å². The van der Waals surface area contributed by atoms with Gasteiger partial charge < -0.3 is 10.1 Å². The molecule has 0 unspecified atom stereocenters. The van der Waals surface area contributed by atoms with E-state index in [-0.39, 0.29) is 5.75 Å². The highest BCUT2D eigenvalue weighted by molar-refractivity contribution is 7.13. The maximum absolute atomic E-state index is 9.74. The van der Waals surface area contributed by atoms with Crippen molar-refractivity contribution >= 4 is 33.3 Å². The van der Waals surface area contributed by atoms with Crippen LogP contribution in [0.4, 0.5) is 0 Å². The first kappa shape index (κ1) is 16.8. The summed E-state index contributed by atoms with van der Waals surface area (Å²) in [6.07, 6.45) is 8.36. The fraction of sp³-hybridized carbons (Fsp3) is 0. The number of aromatic hydroxyl groups is 1. The Morgan fingerprint density at radius 2 is 1.90 bits per heavy atom. The lowest BCUT2D eigenvalue weighted by molar-refractivity contribution is 0.473. The molecule has 0 fully saturated rings. The van der Waals surface area contributed by atoms with E-state index in [0.29, 0.717) is 17.2 Å². The van der Waals surface area contributed by atoms with Gasteiger partial charge in [0.05, 0.1) is 35.3 Å². The van der Waals surface area contributed by atoms with Crippen molar-refractivity contribution in [2.45, 2.75) is 0 Å². The number of fused-ring (bicyclic) bond motifs is 2. The van der Waals surface area contributed by atoms with Crippen LogP contribution < -0.4 is 0 Å². The molecule has 6 aromatic heterocycles. The second kappa shape index (κ2) is 6.46. The smallest absolute Gasteiger partial charge is 0.159 e. The summed E-state index contributed by atoms with van der Waals surface area (Å²) in [5.41, 5.74) is 5.57. The van der Waals surface area contributed by atoms with Crippen molar-refractivity contribution in [2.24, 2.45) is 0 Å². The SMILES string of the molecule is Oc1cncc(-c2cc3c(-c4nc5c(-c6cccs6)cncc5[nH]4)n[nH]c3cn2)c1. The molecule has 0 aromatic carbocycles.